The van der Waals surface area contributed by atoms with E-state index in [1.807, 2.05) is 4.90 Å². The second-order valence-electron chi connectivity index (χ2n) is 6.30. The Hall–Kier alpha value is -2.04. The maximum absolute atomic E-state index is 12.7. The SMILES string of the molecule is Cc1c(O)cccc1C(=O)N1CCN(CC(C)C)C(=O)[C@@H]1C. The number of rotatable bonds is 3. The summed E-state index contributed by atoms with van der Waals surface area (Å²) in [6.45, 7) is 9.43. The molecule has 2 rings (SSSR count). The Morgan fingerprint density at radius 3 is 2.68 bits per heavy atom. The van der Waals surface area contributed by atoms with Gasteiger partial charge in [0.1, 0.15) is 11.8 Å². The van der Waals surface area contributed by atoms with Crippen molar-refractivity contribution < 1.29 is 14.7 Å². The van der Waals surface area contributed by atoms with Crippen LogP contribution in [0.2, 0.25) is 0 Å². The van der Waals surface area contributed by atoms with E-state index in [4.69, 9.17) is 0 Å². The molecule has 1 saturated heterocycles. The number of carbonyl (C=O) groups excluding carboxylic acids is 2. The summed E-state index contributed by atoms with van der Waals surface area (Å²) in [6, 6.07) is 4.43. The van der Waals surface area contributed by atoms with Crippen molar-refractivity contribution in [2.24, 2.45) is 5.92 Å². The smallest absolute Gasteiger partial charge is 0.254 e. The molecule has 1 N–H and O–H groups in total. The molecule has 0 aliphatic carbocycles. The third kappa shape index (κ3) is 3.08. The molecule has 1 aliphatic rings. The first kappa shape index (κ1) is 16.3. The van der Waals surface area contributed by atoms with Gasteiger partial charge < -0.3 is 14.9 Å². The summed E-state index contributed by atoms with van der Waals surface area (Å²) in [6.07, 6.45) is 0. The predicted octanol–water partition coefficient (Wildman–Crippen LogP) is 2.03. The number of hydrogen-bond acceptors (Lipinski definition) is 3. The fourth-order valence-corrected chi connectivity index (χ4v) is 2.84. The van der Waals surface area contributed by atoms with Crippen LogP contribution in [0.1, 0.15) is 36.7 Å². The number of nitrogens with zero attached hydrogens (tertiary/aromatic N) is 2. The van der Waals surface area contributed by atoms with Crippen LogP contribution >= 0.6 is 0 Å². The first-order valence-corrected chi connectivity index (χ1v) is 7.71. The zero-order valence-electron chi connectivity index (χ0n) is 13.7. The molecule has 2 amide bonds. The molecule has 1 aromatic carbocycles. The Bertz CT molecular complexity index is 583. The quantitative estimate of drug-likeness (QED) is 0.929. The second kappa shape index (κ2) is 6.38. The molecule has 1 aliphatic heterocycles. The van der Waals surface area contributed by atoms with E-state index in [1.165, 1.54) is 0 Å². The van der Waals surface area contributed by atoms with Gasteiger partial charge in [0, 0.05) is 30.8 Å². The van der Waals surface area contributed by atoms with E-state index in [-0.39, 0.29) is 17.6 Å². The Labute approximate surface area is 131 Å². The van der Waals surface area contributed by atoms with Crippen LogP contribution in [-0.4, -0.2) is 52.4 Å². The molecule has 1 fully saturated rings. The summed E-state index contributed by atoms with van der Waals surface area (Å²) in [7, 11) is 0. The number of piperazine rings is 1. The van der Waals surface area contributed by atoms with E-state index in [2.05, 4.69) is 13.8 Å². The molecular weight excluding hydrogens is 280 g/mol. The number of amides is 2. The highest BCUT2D eigenvalue weighted by molar-refractivity contribution is 5.99. The third-order valence-corrected chi connectivity index (χ3v) is 4.13. The van der Waals surface area contributed by atoms with Gasteiger partial charge in [-0.1, -0.05) is 19.9 Å². The normalized spacial score (nSPS) is 19.0. The van der Waals surface area contributed by atoms with Gasteiger partial charge in [0.15, 0.2) is 0 Å². The molecule has 0 bridgehead atoms. The molecule has 5 nitrogen and oxygen atoms in total. The molecule has 0 aromatic heterocycles. The number of phenolic OH excluding ortho intramolecular Hbond substituents is 1. The molecule has 5 heteroatoms. The number of aromatic hydroxyl groups is 1. The van der Waals surface area contributed by atoms with Gasteiger partial charge in [0.05, 0.1) is 0 Å². The van der Waals surface area contributed by atoms with Crippen LogP contribution < -0.4 is 0 Å². The number of phenols is 1. The van der Waals surface area contributed by atoms with E-state index in [0.717, 1.165) is 6.54 Å². The van der Waals surface area contributed by atoms with Gasteiger partial charge in [0.2, 0.25) is 5.91 Å². The third-order valence-electron chi connectivity index (χ3n) is 4.13. The van der Waals surface area contributed by atoms with Crippen molar-refractivity contribution in [3.63, 3.8) is 0 Å². The standard InChI is InChI=1S/C17H24N2O3/c1-11(2)10-18-8-9-19(13(4)16(18)21)17(22)14-6-5-7-15(20)12(14)3/h5-7,11,13,20H,8-10H2,1-4H3/t13-/m0/s1. The van der Waals surface area contributed by atoms with E-state index in [0.29, 0.717) is 30.1 Å². The van der Waals surface area contributed by atoms with Crippen LogP contribution in [-0.2, 0) is 4.79 Å². The minimum atomic E-state index is -0.471. The Morgan fingerprint density at radius 2 is 2.05 bits per heavy atom. The van der Waals surface area contributed by atoms with E-state index < -0.39 is 6.04 Å². The van der Waals surface area contributed by atoms with Crippen LogP contribution in [0, 0.1) is 12.8 Å². The van der Waals surface area contributed by atoms with Gasteiger partial charge >= 0.3 is 0 Å². The zero-order chi connectivity index (χ0) is 16.4. The molecule has 0 saturated carbocycles. The fourth-order valence-electron chi connectivity index (χ4n) is 2.84. The molecule has 0 unspecified atom stereocenters. The minimum absolute atomic E-state index is 0.00824. The van der Waals surface area contributed by atoms with E-state index in [1.54, 1.807) is 36.9 Å². The summed E-state index contributed by atoms with van der Waals surface area (Å²) in [4.78, 5) is 28.6. The first-order valence-electron chi connectivity index (χ1n) is 7.71. The topological polar surface area (TPSA) is 60.9 Å². The molecule has 1 aromatic rings. The molecular formula is C17H24N2O3. The van der Waals surface area contributed by atoms with Crippen molar-refractivity contribution in [3.8, 4) is 5.75 Å². The summed E-state index contributed by atoms with van der Waals surface area (Å²) in [5.74, 6) is 0.305. The molecule has 22 heavy (non-hydrogen) atoms. The first-order chi connectivity index (χ1) is 10.3. The maximum Gasteiger partial charge on any atom is 0.254 e. The van der Waals surface area contributed by atoms with Gasteiger partial charge in [-0.05, 0) is 31.9 Å². The van der Waals surface area contributed by atoms with E-state index >= 15 is 0 Å². The van der Waals surface area contributed by atoms with Gasteiger partial charge in [-0.25, -0.2) is 0 Å². The number of carbonyl (C=O) groups is 2. The lowest BCUT2D eigenvalue weighted by molar-refractivity contribution is -0.140. The Kier molecular flexibility index (Phi) is 4.74. The van der Waals surface area contributed by atoms with E-state index in [9.17, 15) is 14.7 Å². The lowest BCUT2D eigenvalue weighted by atomic mass is 10.0. The molecule has 120 valence electrons. The van der Waals surface area contributed by atoms with Gasteiger partial charge in [0.25, 0.3) is 5.91 Å². The fraction of sp³-hybridized carbons (Fsp3) is 0.529. The maximum atomic E-state index is 12.7. The largest absolute Gasteiger partial charge is 0.508 e. The molecule has 0 spiro atoms. The lowest BCUT2D eigenvalue weighted by Crippen LogP contribution is -2.58. The average molecular weight is 304 g/mol. The van der Waals surface area contributed by atoms with Crippen molar-refractivity contribution in [1.29, 1.82) is 0 Å². The van der Waals surface area contributed by atoms with Crippen molar-refractivity contribution in [1.82, 2.24) is 9.80 Å². The van der Waals surface area contributed by atoms with Gasteiger partial charge in [-0.15, -0.1) is 0 Å². The monoisotopic (exact) mass is 304 g/mol. The molecule has 0 radical (unpaired) electrons. The second-order valence-corrected chi connectivity index (χ2v) is 6.30. The van der Waals surface area contributed by atoms with Crippen molar-refractivity contribution in [2.45, 2.75) is 33.7 Å². The summed E-state index contributed by atoms with van der Waals surface area (Å²) in [5, 5.41) is 9.76. The number of benzene rings is 1. The van der Waals surface area contributed by atoms with Gasteiger partial charge in [-0.3, -0.25) is 9.59 Å². The highest BCUT2D eigenvalue weighted by atomic mass is 16.3. The summed E-state index contributed by atoms with van der Waals surface area (Å²) < 4.78 is 0. The van der Waals surface area contributed by atoms with Crippen molar-refractivity contribution in [3.05, 3.63) is 29.3 Å². The van der Waals surface area contributed by atoms with Crippen LogP contribution in [0.15, 0.2) is 18.2 Å². The summed E-state index contributed by atoms with van der Waals surface area (Å²) in [5.41, 5.74) is 1.01. The van der Waals surface area contributed by atoms with Crippen LogP contribution in [0.25, 0.3) is 0 Å². The average Bonchev–Trinajstić information content (AvgIpc) is 2.46. The Balaban J connectivity index is 2.18. The molecule has 1 heterocycles. The van der Waals surface area contributed by atoms with Crippen LogP contribution in [0.5, 0.6) is 5.75 Å². The highest BCUT2D eigenvalue weighted by Gasteiger charge is 2.35. The number of hydrogen-bond donors (Lipinski definition) is 1. The lowest BCUT2D eigenvalue weighted by Gasteiger charge is -2.40. The Morgan fingerprint density at radius 1 is 1.36 bits per heavy atom. The van der Waals surface area contributed by atoms with Crippen LogP contribution in [0.3, 0.4) is 0 Å². The summed E-state index contributed by atoms with van der Waals surface area (Å²) >= 11 is 0. The highest BCUT2D eigenvalue weighted by Crippen LogP contribution is 2.23. The van der Waals surface area contributed by atoms with Crippen molar-refractivity contribution >= 4 is 11.8 Å². The molecule has 1 atom stereocenters. The van der Waals surface area contributed by atoms with Crippen molar-refractivity contribution in [2.75, 3.05) is 19.6 Å². The zero-order valence-corrected chi connectivity index (χ0v) is 13.7. The predicted molar refractivity (Wildman–Crippen MR) is 84.8 cm³/mol. The van der Waals surface area contributed by atoms with Crippen LogP contribution in [0.4, 0.5) is 0 Å². The minimum Gasteiger partial charge on any atom is -0.508 e. The van der Waals surface area contributed by atoms with Gasteiger partial charge in [-0.2, -0.15) is 0 Å².